The minimum atomic E-state index is 0.0898. The summed E-state index contributed by atoms with van der Waals surface area (Å²) in [5, 5.41) is 17.4. The molecule has 0 radical (unpaired) electrons. The van der Waals surface area contributed by atoms with E-state index >= 15 is 0 Å². The second-order valence-corrected chi connectivity index (χ2v) is 1.46. The van der Waals surface area contributed by atoms with Crippen molar-refractivity contribution >= 4 is 6.40 Å². The third kappa shape index (κ3) is 8.79. The molecule has 0 fully saturated rings. The Kier molecular flexibility index (Phi) is 7.82. The van der Waals surface area contributed by atoms with Crippen molar-refractivity contribution in [3.8, 4) is 0 Å². The number of hydroxylamine groups is 1. The van der Waals surface area contributed by atoms with Crippen LogP contribution in [0.1, 0.15) is 6.42 Å². The van der Waals surface area contributed by atoms with Crippen molar-refractivity contribution in [2.75, 3.05) is 13.2 Å². The molecule has 0 aliphatic rings. The highest BCUT2D eigenvalue weighted by Gasteiger charge is 1.70. The summed E-state index contributed by atoms with van der Waals surface area (Å²) in [5.41, 5.74) is 3.48. The van der Waals surface area contributed by atoms with Gasteiger partial charge < -0.3 is 21.3 Å². The largest absolute Gasteiger partial charge is 0.578 e. The highest BCUT2D eigenvalue weighted by molar-refractivity contribution is 5.46. The highest BCUT2D eigenvalue weighted by Crippen LogP contribution is 1.88. The lowest BCUT2D eigenvalue weighted by atomic mass is 10.5. The minimum Gasteiger partial charge on any atom is -0.578 e. The summed E-state index contributed by atoms with van der Waals surface area (Å²) in [7, 11) is 0. The van der Waals surface area contributed by atoms with Gasteiger partial charge in [-0.2, -0.15) is 0 Å². The zero-order valence-electron chi connectivity index (χ0n) is 5.92. The van der Waals surface area contributed by atoms with Crippen molar-refractivity contribution in [3.05, 3.63) is 5.48 Å². The van der Waals surface area contributed by atoms with Crippen molar-refractivity contribution in [2.24, 2.45) is 21.4 Å². The average molecular weight is 160 g/mol. The van der Waals surface area contributed by atoms with Crippen LogP contribution in [0.2, 0.25) is 0 Å². The monoisotopic (exact) mass is 160 g/mol. The van der Waals surface area contributed by atoms with Crippen LogP contribution in [-0.2, 0) is 4.84 Å². The van der Waals surface area contributed by atoms with Crippen molar-refractivity contribution in [1.29, 1.82) is 0 Å². The average Bonchev–Trinajstić information content (AvgIpc) is 2.03. The molecule has 0 aromatic rings. The zero-order chi connectivity index (χ0) is 8.36. The van der Waals surface area contributed by atoms with E-state index in [1.807, 2.05) is 0 Å². The van der Waals surface area contributed by atoms with E-state index in [4.69, 9.17) is 5.11 Å². The van der Waals surface area contributed by atoms with Crippen molar-refractivity contribution in [3.63, 3.8) is 0 Å². The maximum Gasteiger partial charge on any atom is 0.181 e. The van der Waals surface area contributed by atoms with Gasteiger partial charge in [-0.25, -0.2) is 0 Å². The molecule has 0 aromatic carbocycles. The molecule has 0 bridgehead atoms. The lowest BCUT2D eigenvalue weighted by molar-refractivity contribution is 0.285. The second kappa shape index (κ2) is 8.79. The van der Waals surface area contributed by atoms with Crippen LogP contribution in [0.15, 0.2) is 15.5 Å². The molecule has 0 spiro atoms. The van der Waals surface area contributed by atoms with Gasteiger partial charge in [0.05, 0.1) is 0 Å². The van der Waals surface area contributed by atoms with Gasteiger partial charge in [-0.1, -0.05) is 5.22 Å². The number of aliphatic hydroxyl groups excluding tert-OH is 1. The van der Waals surface area contributed by atoms with Crippen LogP contribution in [0.25, 0.3) is 5.48 Å². The lowest BCUT2D eigenvalue weighted by Gasteiger charge is -2.15. The molecule has 3 N–H and O–H groups in total. The van der Waals surface area contributed by atoms with Gasteiger partial charge >= 0.3 is 0 Å². The van der Waals surface area contributed by atoms with E-state index in [9.17, 15) is 0 Å². The summed E-state index contributed by atoms with van der Waals surface area (Å²) < 4.78 is 0. The van der Waals surface area contributed by atoms with E-state index in [0.29, 0.717) is 13.0 Å². The summed E-state index contributed by atoms with van der Waals surface area (Å²) in [4.78, 5) is 4.45. The summed E-state index contributed by atoms with van der Waals surface area (Å²) in [6.45, 7) is 0.509. The van der Waals surface area contributed by atoms with Crippen LogP contribution in [0.3, 0.4) is 0 Å². The fourth-order valence-corrected chi connectivity index (χ4v) is 0.293. The Hall–Kier alpha value is -1.21. The van der Waals surface area contributed by atoms with Crippen molar-refractivity contribution in [1.82, 2.24) is 0 Å². The van der Waals surface area contributed by atoms with E-state index in [-0.39, 0.29) is 6.61 Å². The lowest BCUT2D eigenvalue weighted by Crippen LogP contribution is -1.90. The van der Waals surface area contributed by atoms with Gasteiger partial charge in [0, 0.05) is 6.61 Å². The Morgan fingerprint density at radius 1 is 1.64 bits per heavy atom. The van der Waals surface area contributed by atoms with Crippen molar-refractivity contribution in [2.45, 2.75) is 6.42 Å². The Balaban J connectivity index is 3.01. The smallest absolute Gasteiger partial charge is 0.181 e. The minimum absolute atomic E-state index is 0.0898. The molecule has 0 heterocycles. The van der Waals surface area contributed by atoms with Crippen molar-refractivity contribution < 1.29 is 9.94 Å². The van der Waals surface area contributed by atoms with Crippen LogP contribution < -0.4 is 5.84 Å². The summed E-state index contributed by atoms with van der Waals surface area (Å²) in [6, 6.07) is 0. The molecule has 0 aliphatic heterocycles. The van der Waals surface area contributed by atoms with Gasteiger partial charge in [0.1, 0.15) is 0 Å². The molecule has 0 aliphatic carbocycles. The molecular weight excluding hydrogens is 150 g/mol. The first-order valence-corrected chi connectivity index (χ1v) is 2.97. The highest BCUT2D eigenvalue weighted by atomic mass is 16.6. The normalized spacial score (nSPS) is 11.4. The fourth-order valence-electron chi connectivity index (χ4n) is 0.293. The summed E-state index contributed by atoms with van der Waals surface area (Å²) in [6.07, 6.45) is 1.56. The Bertz CT molecular complexity index is 126. The van der Waals surface area contributed by atoms with Crippen LogP contribution in [0.5, 0.6) is 0 Å². The van der Waals surface area contributed by atoms with Gasteiger partial charge in [-0.3, -0.25) is 0 Å². The first-order valence-electron chi connectivity index (χ1n) is 2.97. The fraction of sp³-hybridized carbons (Fsp3) is 0.750. The Morgan fingerprint density at radius 2 is 2.45 bits per heavy atom. The molecule has 0 rings (SSSR count). The molecule has 0 aromatic heterocycles. The van der Waals surface area contributed by atoms with Gasteiger partial charge in [-0.05, 0) is 11.6 Å². The number of rotatable bonds is 6. The number of hydrogen-bond donors (Lipinski definition) is 2. The zero-order valence-corrected chi connectivity index (χ0v) is 5.92. The maximum atomic E-state index is 8.31. The molecule has 0 atom stereocenters. The Morgan fingerprint density at radius 3 is 3.09 bits per heavy atom. The molecule has 11 heavy (non-hydrogen) atoms. The van der Waals surface area contributed by atoms with Crippen LogP contribution >= 0.6 is 0 Å². The van der Waals surface area contributed by atoms with E-state index in [0.717, 1.165) is 6.40 Å². The number of aliphatic hydroxyl groups is 1. The second-order valence-electron chi connectivity index (χ2n) is 1.46. The maximum absolute atomic E-state index is 8.31. The molecule has 7 nitrogen and oxygen atoms in total. The summed E-state index contributed by atoms with van der Waals surface area (Å²) >= 11 is 0. The quantitative estimate of drug-likeness (QED) is 0.142. The molecule has 0 unspecified atom stereocenters. The Labute approximate surface area is 63.9 Å². The third-order valence-corrected chi connectivity index (χ3v) is 0.680. The van der Waals surface area contributed by atoms with Crippen LogP contribution in [-0.4, -0.2) is 24.7 Å². The van der Waals surface area contributed by atoms with Gasteiger partial charge in [0.15, 0.2) is 6.40 Å². The van der Waals surface area contributed by atoms with E-state index in [2.05, 4.69) is 31.7 Å². The number of nitrogens with two attached hydrogens (primary N) is 1. The van der Waals surface area contributed by atoms with E-state index in [1.165, 1.54) is 0 Å². The third-order valence-electron chi connectivity index (χ3n) is 0.680. The first-order chi connectivity index (χ1) is 5.41. The SMILES string of the molecule is N/N=N/N=C/O[N-]CCCO. The standard InChI is InChI=1S/C4H10N5O2/c5-8-9-6-4-11-7-2-1-3-10/h4,10H,1-3H2,(H2,5,9)/q-1/b6-4+. The van der Waals surface area contributed by atoms with Gasteiger partial charge in [-0.15, -0.1) is 11.6 Å². The van der Waals surface area contributed by atoms with E-state index < -0.39 is 0 Å². The molecule has 0 saturated heterocycles. The van der Waals surface area contributed by atoms with Gasteiger partial charge in [0.25, 0.3) is 0 Å². The topological polar surface area (TPSA) is 107 Å². The predicted octanol–water partition coefficient (Wildman–Crippen LogP) is -0.0567. The first kappa shape index (κ1) is 9.79. The number of hydrogen-bond acceptors (Lipinski definition) is 4. The van der Waals surface area contributed by atoms with Gasteiger partial charge in [0.2, 0.25) is 0 Å². The summed E-state index contributed by atoms with van der Waals surface area (Å²) in [5.74, 6) is 4.62. The molecule has 0 amide bonds. The molecular formula is C4H10N5O2-. The molecule has 7 heteroatoms. The van der Waals surface area contributed by atoms with Crippen LogP contribution in [0, 0.1) is 0 Å². The van der Waals surface area contributed by atoms with E-state index in [1.54, 1.807) is 0 Å². The predicted molar refractivity (Wildman–Crippen MR) is 38.5 cm³/mol. The molecule has 64 valence electrons. The number of nitrogens with zero attached hydrogens (tertiary/aromatic N) is 4. The van der Waals surface area contributed by atoms with Crippen LogP contribution in [0.4, 0.5) is 0 Å². The molecule has 0 saturated carbocycles.